The van der Waals surface area contributed by atoms with E-state index in [9.17, 15) is 4.79 Å². The number of aryl methyl sites for hydroxylation is 2. The average molecular weight is 413 g/mol. The predicted octanol–water partition coefficient (Wildman–Crippen LogP) is 2.56. The summed E-state index contributed by atoms with van der Waals surface area (Å²) in [5.41, 5.74) is 1.53. The zero-order chi connectivity index (χ0) is 21.6. The van der Waals surface area contributed by atoms with E-state index in [2.05, 4.69) is 22.1 Å². The van der Waals surface area contributed by atoms with E-state index in [4.69, 9.17) is 14.5 Å². The van der Waals surface area contributed by atoms with E-state index in [1.165, 1.54) is 0 Å². The molecule has 0 bridgehead atoms. The Morgan fingerprint density at radius 3 is 2.73 bits per heavy atom. The fourth-order valence-electron chi connectivity index (χ4n) is 3.92. The molecule has 0 aliphatic carbocycles. The first-order valence-electron chi connectivity index (χ1n) is 10.5. The third-order valence-electron chi connectivity index (χ3n) is 5.42. The number of nitrogens with zero attached hydrogens (tertiary/aromatic N) is 3. The zero-order valence-corrected chi connectivity index (χ0v) is 18.4. The Bertz CT molecular complexity index is 865. The molecule has 1 amide bonds. The molecule has 1 fully saturated rings. The average Bonchev–Trinajstić information content (AvgIpc) is 2.70. The van der Waals surface area contributed by atoms with Crippen LogP contribution >= 0.6 is 0 Å². The Morgan fingerprint density at radius 2 is 2.03 bits per heavy atom. The van der Waals surface area contributed by atoms with Gasteiger partial charge < -0.3 is 19.7 Å². The summed E-state index contributed by atoms with van der Waals surface area (Å²) in [6, 6.07) is 9.93. The topological polar surface area (TPSA) is 76.6 Å². The highest BCUT2D eigenvalue weighted by Crippen LogP contribution is 2.38. The van der Waals surface area contributed by atoms with Crippen molar-refractivity contribution >= 4 is 11.7 Å². The molecule has 0 saturated carbocycles. The fourth-order valence-corrected chi connectivity index (χ4v) is 3.92. The van der Waals surface area contributed by atoms with Gasteiger partial charge in [-0.25, -0.2) is 9.97 Å². The van der Waals surface area contributed by atoms with E-state index in [0.29, 0.717) is 32.7 Å². The van der Waals surface area contributed by atoms with Gasteiger partial charge in [-0.2, -0.15) is 0 Å². The molecule has 7 heteroatoms. The van der Waals surface area contributed by atoms with Gasteiger partial charge in [-0.3, -0.25) is 4.79 Å². The second-order valence-corrected chi connectivity index (χ2v) is 7.95. The molecule has 0 atom stereocenters. The van der Waals surface area contributed by atoms with Crippen LogP contribution in [0.1, 0.15) is 30.4 Å². The number of carbonyl (C=O) groups excluding carboxylic acids is 1. The molecule has 2 heterocycles. The molecule has 1 N–H and O–H groups in total. The SMILES string of the molecule is CCCc1nc(C)cc(N2CC(Cc3cccc(OC)c3)(C(=O)NCCOC)C2)n1. The predicted molar refractivity (Wildman–Crippen MR) is 117 cm³/mol. The second kappa shape index (κ2) is 9.89. The van der Waals surface area contributed by atoms with Crippen molar-refractivity contribution in [1.29, 1.82) is 0 Å². The van der Waals surface area contributed by atoms with Crippen LogP contribution in [0.4, 0.5) is 5.82 Å². The van der Waals surface area contributed by atoms with Crippen LogP contribution < -0.4 is 15.0 Å². The summed E-state index contributed by atoms with van der Waals surface area (Å²) < 4.78 is 10.4. The molecule has 1 aliphatic heterocycles. The maximum Gasteiger partial charge on any atom is 0.230 e. The lowest BCUT2D eigenvalue weighted by atomic mass is 9.73. The lowest BCUT2D eigenvalue weighted by Crippen LogP contribution is -2.65. The Labute approximate surface area is 178 Å². The van der Waals surface area contributed by atoms with Gasteiger partial charge in [0, 0.05) is 44.9 Å². The van der Waals surface area contributed by atoms with Gasteiger partial charge >= 0.3 is 0 Å². The number of hydrogen-bond donors (Lipinski definition) is 1. The summed E-state index contributed by atoms with van der Waals surface area (Å²) in [5.74, 6) is 2.62. The summed E-state index contributed by atoms with van der Waals surface area (Å²) >= 11 is 0. The number of anilines is 1. The van der Waals surface area contributed by atoms with Crippen LogP contribution in [0.2, 0.25) is 0 Å². The molecule has 3 rings (SSSR count). The second-order valence-electron chi connectivity index (χ2n) is 7.95. The van der Waals surface area contributed by atoms with Gasteiger partial charge in [0.05, 0.1) is 19.1 Å². The van der Waals surface area contributed by atoms with Crippen LogP contribution in [0.3, 0.4) is 0 Å². The Kier molecular flexibility index (Phi) is 7.26. The molecule has 30 heavy (non-hydrogen) atoms. The number of carbonyl (C=O) groups is 1. The lowest BCUT2D eigenvalue weighted by molar-refractivity contribution is -0.132. The summed E-state index contributed by atoms with van der Waals surface area (Å²) in [6.07, 6.45) is 2.50. The van der Waals surface area contributed by atoms with E-state index in [1.807, 2.05) is 37.3 Å². The standard InChI is InChI=1S/C23H32N4O3/c1-5-7-20-25-17(2)12-21(26-20)27-15-23(16-27,22(28)24-10-11-29-3)14-18-8-6-9-19(13-18)30-4/h6,8-9,12-13H,5,7,10-11,14-16H2,1-4H3,(H,24,28). The van der Waals surface area contributed by atoms with Crippen molar-refractivity contribution in [1.82, 2.24) is 15.3 Å². The summed E-state index contributed by atoms with van der Waals surface area (Å²) in [4.78, 5) is 24.6. The highest BCUT2D eigenvalue weighted by atomic mass is 16.5. The summed E-state index contributed by atoms with van der Waals surface area (Å²) in [7, 11) is 3.29. The molecule has 0 spiro atoms. The van der Waals surface area contributed by atoms with E-state index in [-0.39, 0.29) is 5.91 Å². The minimum absolute atomic E-state index is 0.0539. The minimum atomic E-state index is -0.510. The smallest absolute Gasteiger partial charge is 0.230 e. The number of benzene rings is 1. The Balaban J connectivity index is 1.79. The third-order valence-corrected chi connectivity index (χ3v) is 5.42. The fraction of sp³-hybridized carbons (Fsp3) is 0.522. The normalized spacial score (nSPS) is 14.9. The third kappa shape index (κ3) is 5.08. The van der Waals surface area contributed by atoms with Gasteiger partial charge in [-0.15, -0.1) is 0 Å². The van der Waals surface area contributed by atoms with Gasteiger partial charge in [-0.1, -0.05) is 19.1 Å². The molecule has 1 saturated heterocycles. The van der Waals surface area contributed by atoms with Crippen LogP contribution in [0.15, 0.2) is 30.3 Å². The maximum atomic E-state index is 13.1. The molecular weight excluding hydrogens is 380 g/mol. The van der Waals surface area contributed by atoms with Gasteiger partial charge in [0.2, 0.25) is 5.91 Å². The maximum absolute atomic E-state index is 13.1. The highest BCUT2D eigenvalue weighted by molar-refractivity contribution is 5.86. The Hall–Kier alpha value is -2.67. The molecular formula is C23H32N4O3. The van der Waals surface area contributed by atoms with Crippen molar-refractivity contribution in [3.05, 3.63) is 47.4 Å². The van der Waals surface area contributed by atoms with Crippen LogP contribution in [0, 0.1) is 12.3 Å². The number of methoxy groups -OCH3 is 2. The first kappa shape index (κ1) is 22.0. The molecule has 1 aliphatic rings. The largest absolute Gasteiger partial charge is 0.497 e. The van der Waals surface area contributed by atoms with Gasteiger partial charge in [0.25, 0.3) is 0 Å². The van der Waals surface area contributed by atoms with Crippen LogP contribution in [-0.2, 0) is 22.4 Å². The van der Waals surface area contributed by atoms with Crippen LogP contribution in [0.5, 0.6) is 5.75 Å². The quantitative estimate of drug-likeness (QED) is 0.605. The van der Waals surface area contributed by atoms with E-state index >= 15 is 0 Å². The highest BCUT2D eigenvalue weighted by Gasteiger charge is 2.49. The molecule has 0 unspecified atom stereocenters. The van der Waals surface area contributed by atoms with Gasteiger partial charge in [0.15, 0.2) is 0 Å². The van der Waals surface area contributed by atoms with Crippen molar-refractivity contribution in [3.8, 4) is 5.75 Å². The van der Waals surface area contributed by atoms with Crippen molar-refractivity contribution in [2.75, 3.05) is 45.4 Å². The van der Waals surface area contributed by atoms with E-state index in [0.717, 1.165) is 41.5 Å². The van der Waals surface area contributed by atoms with Crippen molar-refractivity contribution in [3.63, 3.8) is 0 Å². The molecule has 1 aromatic heterocycles. The van der Waals surface area contributed by atoms with Crippen molar-refractivity contribution in [2.45, 2.75) is 33.1 Å². The number of nitrogens with one attached hydrogen (secondary N) is 1. The number of ether oxygens (including phenoxy) is 2. The summed E-state index contributed by atoms with van der Waals surface area (Å²) in [5, 5.41) is 3.04. The molecule has 0 radical (unpaired) electrons. The van der Waals surface area contributed by atoms with Gasteiger partial charge in [-0.05, 0) is 37.5 Å². The first-order valence-corrected chi connectivity index (χ1v) is 10.5. The monoisotopic (exact) mass is 412 g/mol. The summed E-state index contributed by atoms with van der Waals surface area (Å²) in [6.45, 7) is 6.35. The van der Waals surface area contributed by atoms with Crippen LogP contribution in [0.25, 0.3) is 0 Å². The van der Waals surface area contributed by atoms with E-state index in [1.54, 1.807) is 14.2 Å². The number of rotatable bonds is 10. The van der Waals surface area contributed by atoms with Crippen molar-refractivity contribution in [2.24, 2.45) is 5.41 Å². The molecule has 2 aromatic rings. The minimum Gasteiger partial charge on any atom is -0.497 e. The zero-order valence-electron chi connectivity index (χ0n) is 18.4. The van der Waals surface area contributed by atoms with Crippen molar-refractivity contribution < 1.29 is 14.3 Å². The van der Waals surface area contributed by atoms with E-state index < -0.39 is 5.41 Å². The van der Waals surface area contributed by atoms with Gasteiger partial charge in [0.1, 0.15) is 17.4 Å². The number of hydrogen-bond acceptors (Lipinski definition) is 6. The number of amides is 1. The lowest BCUT2D eigenvalue weighted by Gasteiger charge is -2.49. The molecule has 1 aromatic carbocycles. The molecule has 162 valence electrons. The Morgan fingerprint density at radius 1 is 1.23 bits per heavy atom. The first-order chi connectivity index (χ1) is 14.5. The van der Waals surface area contributed by atoms with Crippen LogP contribution in [-0.4, -0.2) is 56.3 Å². The molecule has 7 nitrogen and oxygen atoms in total. The number of aromatic nitrogens is 2.